The quantitative estimate of drug-likeness (QED) is 0.507. The number of esters is 1. The molecule has 0 unspecified atom stereocenters. The van der Waals surface area contributed by atoms with Crippen LogP contribution in [0.1, 0.15) is 51.7 Å². The van der Waals surface area contributed by atoms with Gasteiger partial charge in [-0.05, 0) is 58.2 Å². The molecule has 11 heteroatoms. The molecule has 0 aromatic heterocycles. The van der Waals surface area contributed by atoms with Gasteiger partial charge in [0.25, 0.3) is 0 Å². The van der Waals surface area contributed by atoms with E-state index in [9.17, 15) is 27.6 Å². The first-order valence-corrected chi connectivity index (χ1v) is 10.5. The number of amides is 2. The summed E-state index contributed by atoms with van der Waals surface area (Å²) in [6, 6.07) is 4.70. The third kappa shape index (κ3) is 7.62. The first-order chi connectivity index (χ1) is 15.3. The van der Waals surface area contributed by atoms with Gasteiger partial charge >= 0.3 is 24.3 Å². The fourth-order valence-corrected chi connectivity index (χ4v) is 3.44. The lowest BCUT2D eigenvalue weighted by Gasteiger charge is -2.41. The van der Waals surface area contributed by atoms with E-state index in [4.69, 9.17) is 14.2 Å². The van der Waals surface area contributed by atoms with Gasteiger partial charge in [0.05, 0.1) is 11.2 Å². The highest BCUT2D eigenvalue weighted by molar-refractivity contribution is 5.83. The number of piperidine rings is 1. The van der Waals surface area contributed by atoms with Gasteiger partial charge in [0.15, 0.2) is 0 Å². The molecule has 0 aliphatic carbocycles. The Morgan fingerprint density at radius 3 is 2.30 bits per heavy atom. The largest absolute Gasteiger partial charge is 0.458 e. The van der Waals surface area contributed by atoms with Crippen molar-refractivity contribution in [3.05, 3.63) is 35.4 Å². The summed E-state index contributed by atoms with van der Waals surface area (Å²) < 4.78 is 55.7. The molecule has 0 radical (unpaired) electrons. The number of rotatable bonds is 5. The Morgan fingerprint density at radius 2 is 1.76 bits per heavy atom. The number of halogens is 3. The van der Waals surface area contributed by atoms with Crippen LogP contribution in [0.25, 0.3) is 0 Å². The van der Waals surface area contributed by atoms with Gasteiger partial charge in [0.1, 0.15) is 12.2 Å². The highest BCUT2D eigenvalue weighted by Crippen LogP contribution is 2.39. The van der Waals surface area contributed by atoms with E-state index in [0.29, 0.717) is 0 Å². The lowest BCUT2D eigenvalue weighted by Crippen LogP contribution is -2.48. The maximum Gasteiger partial charge on any atom is 0.418 e. The van der Waals surface area contributed by atoms with Crippen molar-refractivity contribution < 1.29 is 41.8 Å². The Morgan fingerprint density at radius 1 is 1.12 bits per heavy atom. The minimum Gasteiger partial charge on any atom is -0.458 e. The second kappa shape index (κ2) is 10.4. The number of ether oxygens (including phenoxy) is 3. The zero-order chi connectivity index (χ0) is 24.9. The van der Waals surface area contributed by atoms with Crippen molar-refractivity contribution in [1.29, 1.82) is 0 Å². The SMILES string of the molecule is CCNC(=O)OC(=O)N1CCC(OCC(=O)OC(C)(C)C)(c2cccc(C(F)(F)F)c2)CC1. The van der Waals surface area contributed by atoms with Crippen LogP contribution in [0.15, 0.2) is 24.3 Å². The molecular formula is C22H29F3N2O6. The number of nitrogens with one attached hydrogen (secondary N) is 1. The lowest BCUT2D eigenvalue weighted by molar-refractivity contribution is -0.171. The van der Waals surface area contributed by atoms with Gasteiger partial charge in [-0.3, -0.25) is 0 Å². The van der Waals surface area contributed by atoms with Gasteiger partial charge in [0, 0.05) is 19.6 Å². The van der Waals surface area contributed by atoms with E-state index >= 15 is 0 Å². The summed E-state index contributed by atoms with van der Waals surface area (Å²) in [6.45, 7) is 6.62. The standard InChI is InChI=1S/C22H29F3N2O6/c1-5-26-18(29)32-19(30)27-11-9-21(10-12-27,31-14-17(28)33-20(2,3)4)15-7-6-8-16(13-15)22(23,24)25/h6-8,13H,5,9-12,14H2,1-4H3,(H,26,29). The van der Waals surface area contributed by atoms with Crippen molar-refractivity contribution in [3.8, 4) is 0 Å². The van der Waals surface area contributed by atoms with Crippen LogP contribution in [0.3, 0.4) is 0 Å². The number of benzene rings is 1. The highest BCUT2D eigenvalue weighted by Gasteiger charge is 2.41. The number of hydrogen-bond donors (Lipinski definition) is 1. The maximum absolute atomic E-state index is 13.3. The van der Waals surface area contributed by atoms with Crippen LogP contribution in [0.5, 0.6) is 0 Å². The molecule has 1 heterocycles. The molecule has 1 aliphatic rings. The molecule has 33 heavy (non-hydrogen) atoms. The number of hydrogen-bond acceptors (Lipinski definition) is 6. The predicted molar refractivity (Wildman–Crippen MR) is 111 cm³/mol. The summed E-state index contributed by atoms with van der Waals surface area (Å²) in [5.74, 6) is -0.660. The summed E-state index contributed by atoms with van der Waals surface area (Å²) >= 11 is 0. The first-order valence-electron chi connectivity index (χ1n) is 10.5. The fourth-order valence-electron chi connectivity index (χ4n) is 3.44. The fraction of sp³-hybridized carbons (Fsp3) is 0.591. The second-order valence-electron chi connectivity index (χ2n) is 8.62. The third-order valence-electron chi connectivity index (χ3n) is 4.93. The maximum atomic E-state index is 13.3. The van der Waals surface area contributed by atoms with Gasteiger partial charge < -0.3 is 24.4 Å². The summed E-state index contributed by atoms with van der Waals surface area (Å²) in [5.41, 5.74) is -2.63. The van der Waals surface area contributed by atoms with Crippen LogP contribution in [0.4, 0.5) is 22.8 Å². The van der Waals surface area contributed by atoms with Crippen LogP contribution >= 0.6 is 0 Å². The van der Waals surface area contributed by atoms with Crippen molar-refractivity contribution in [2.24, 2.45) is 0 Å². The molecule has 1 aromatic carbocycles. The third-order valence-corrected chi connectivity index (χ3v) is 4.93. The number of carbonyl (C=O) groups excluding carboxylic acids is 3. The van der Waals surface area contributed by atoms with E-state index in [0.717, 1.165) is 12.1 Å². The summed E-state index contributed by atoms with van der Waals surface area (Å²) in [6.07, 6.45) is -6.15. The highest BCUT2D eigenvalue weighted by atomic mass is 19.4. The normalized spacial score (nSPS) is 16.2. The van der Waals surface area contributed by atoms with E-state index in [1.54, 1.807) is 27.7 Å². The molecule has 1 N–H and O–H groups in total. The number of likely N-dealkylation sites (tertiary alicyclic amines) is 1. The van der Waals surface area contributed by atoms with E-state index in [-0.39, 0.29) is 38.0 Å². The Kier molecular flexibility index (Phi) is 8.34. The number of nitrogens with zero attached hydrogens (tertiary/aromatic N) is 1. The Bertz CT molecular complexity index is 858. The van der Waals surface area contributed by atoms with Crippen molar-refractivity contribution in [2.45, 2.75) is 57.9 Å². The first kappa shape index (κ1) is 26.4. The summed E-state index contributed by atoms with van der Waals surface area (Å²) in [7, 11) is 0. The van der Waals surface area contributed by atoms with E-state index in [1.165, 1.54) is 17.0 Å². The number of carbonyl (C=O) groups is 3. The Labute approximate surface area is 190 Å². The average Bonchev–Trinajstić information content (AvgIpc) is 2.71. The smallest absolute Gasteiger partial charge is 0.418 e. The molecule has 1 aromatic rings. The minimum atomic E-state index is -4.56. The average molecular weight is 474 g/mol. The van der Waals surface area contributed by atoms with Gasteiger partial charge in [-0.25, -0.2) is 14.4 Å². The van der Waals surface area contributed by atoms with E-state index in [1.807, 2.05) is 0 Å². The van der Waals surface area contributed by atoms with Crippen molar-refractivity contribution in [3.63, 3.8) is 0 Å². The van der Waals surface area contributed by atoms with Crippen LogP contribution in [0.2, 0.25) is 0 Å². The second-order valence-corrected chi connectivity index (χ2v) is 8.62. The van der Waals surface area contributed by atoms with E-state index < -0.39 is 47.7 Å². The van der Waals surface area contributed by atoms with Gasteiger partial charge in [-0.15, -0.1) is 0 Å². The zero-order valence-corrected chi connectivity index (χ0v) is 19.1. The molecule has 1 aliphatic heterocycles. The summed E-state index contributed by atoms with van der Waals surface area (Å²) in [4.78, 5) is 37.2. The molecule has 184 valence electrons. The molecule has 0 bridgehead atoms. The molecule has 1 fully saturated rings. The molecule has 8 nitrogen and oxygen atoms in total. The number of alkyl carbamates (subject to hydrolysis) is 1. The van der Waals surface area contributed by atoms with Crippen LogP contribution < -0.4 is 5.32 Å². The molecule has 0 spiro atoms. The summed E-state index contributed by atoms with van der Waals surface area (Å²) in [5, 5.41) is 2.34. The van der Waals surface area contributed by atoms with Gasteiger partial charge in [-0.1, -0.05) is 12.1 Å². The molecule has 2 rings (SSSR count). The van der Waals surface area contributed by atoms with Crippen LogP contribution in [-0.4, -0.2) is 54.9 Å². The number of alkyl halides is 3. The van der Waals surface area contributed by atoms with E-state index in [2.05, 4.69) is 5.32 Å². The van der Waals surface area contributed by atoms with Gasteiger partial charge in [-0.2, -0.15) is 13.2 Å². The van der Waals surface area contributed by atoms with Crippen LogP contribution in [0, 0.1) is 0 Å². The molecule has 0 atom stereocenters. The molecule has 2 amide bonds. The topological polar surface area (TPSA) is 94.2 Å². The Hall–Kier alpha value is -2.82. The minimum absolute atomic E-state index is 0.0444. The molecule has 0 saturated carbocycles. The molecule has 1 saturated heterocycles. The molecular weight excluding hydrogens is 445 g/mol. The van der Waals surface area contributed by atoms with Crippen molar-refractivity contribution in [2.75, 3.05) is 26.2 Å². The zero-order valence-electron chi connectivity index (χ0n) is 19.1. The predicted octanol–water partition coefficient (Wildman–Crippen LogP) is 4.22. The monoisotopic (exact) mass is 474 g/mol. The lowest BCUT2D eigenvalue weighted by atomic mass is 9.83. The van der Waals surface area contributed by atoms with Crippen LogP contribution in [-0.2, 0) is 30.8 Å². The Balaban J connectivity index is 2.22. The van der Waals surface area contributed by atoms with Crippen molar-refractivity contribution >= 4 is 18.2 Å². The van der Waals surface area contributed by atoms with Crippen molar-refractivity contribution in [1.82, 2.24) is 10.2 Å². The van der Waals surface area contributed by atoms with Gasteiger partial charge in [0.2, 0.25) is 0 Å².